The van der Waals surface area contributed by atoms with Crippen LogP contribution in [0.1, 0.15) is 72.6 Å². The lowest BCUT2D eigenvalue weighted by molar-refractivity contribution is -0.319. The largest absolute Gasteiger partial charge is 0.375 e. The van der Waals surface area contributed by atoms with Gasteiger partial charge in [0.25, 0.3) is 0 Å². The zero-order chi connectivity index (χ0) is 15.8. The number of rotatable bonds is 5. The lowest BCUT2D eigenvalue weighted by Gasteiger charge is -2.54. The van der Waals surface area contributed by atoms with Crippen molar-refractivity contribution in [2.75, 3.05) is 13.2 Å². The van der Waals surface area contributed by atoms with E-state index in [-0.39, 0.29) is 11.1 Å². The third-order valence-electron chi connectivity index (χ3n) is 5.28. The van der Waals surface area contributed by atoms with Gasteiger partial charge in [0.1, 0.15) is 6.10 Å². The summed E-state index contributed by atoms with van der Waals surface area (Å²) < 4.78 is 11.4. The van der Waals surface area contributed by atoms with Crippen molar-refractivity contribution in [3.8, 4) is 0 Å². The van der Waals surface area contributed by atoms with E-state index in [2.05, 4.69) is 32.8 Å². The first-order chi connectivity index (χ1) is 10.4. The van der Waals surface area contributed by atoms with Crippen LogP contribution < -0.4 is 0 Å². The van der Waals surface area contributed by atoms with Gasteiger partial charge in [-0.1, -0.05) is 19.3 Å². The maximum atomic E-state index is 6.50. The van der Waals surface area contributed by atoms with E-state index in [0.717, 1.165) is 26.1 Å². The highest BCUT2D eigenvalue weighted by molar-refractivity contribution is 4.97. The second-order valence-electron chi connectivity index (χ2n) is 8.60. The fraction of sp³-hybridized carbons (Fsp3) is 1.00. The van der Waals surface area contributed by atoms with E-state index in [1.165, 1.54) is 32.1 Å². The molecule has 3 rings (SSSR count). The van der Waals surface area contributed by atoms with Gasteiger partial charge in [0.2, 0.25) is 0 Å². The van der Waals surface area contributed by atoms with Crippen molar-refractivity contribution in [3.05, 3.63) is 0 Å². The molecule has 128 valence electrons. The van der Waals surface area contributed by atoms with Crippen molar-refractivity contribution < 1.29 is 14.3 Å². The Bertz CT molecular complexity index is 355. The quantitative estimate of drug-likeness (QED) is 0.725. The minimum Gasteiger partial charge on any atom is -0.375 e. The van der Waals surface area contributed by atoms with Gasteiger partial charge < -0.3 is 9.47 Å². The molecule has 2 saturated heterocycles. The van der Waals surface area contributed by atoms with Crippen LogP contribution in [0.3, 0.4) is 0 Å². The van der Waals surface area contributed by atoms with E-state index in [0.29, 0.717) is 18.3 Å². The van der Waals surface area contributed by atoms with Gasteiger partial charge in [-0.2, -0.15) is 5.06 Å². The summed E-state index contributed by atoms with van der Waals surface area (Å²) >= 11 is 0. The number of ether oxygens (including phenoxy) is 2. The molecular weight excluding hydrogens is 278 g/mol. The van der Waals surface area contributed by atoms with Gasteiger partial charge in [-0.15, -0.1) is 0 Å². The maximum absolute atomic E-state index is 6.50. The molecule has 2 aliphatic heterocycles. The highest BCUT2D eigenvalue weighted by atomic mass is 16.7. The molecule has 0 aromatic heterocycles. The third-order valence-corrected chi connectivity index (χ3v) is 5.28. The Morgan fingerprint density at radius 1 is 0.955 bits per heavy atom. The summed E-state index contributed by atoms with van der Waals surface area (Å²) in [6.07, 6.45) is 9.52. The standard InChI is InChI=1S/C18H33NO3/c1-17(2)10-15(20-12-16-13-21-16)11-18(3,4)19(17)22-14-8-6-5-7-9-14/h14-16H,5-13H2,1-4H3. The number of epoxide rings is 1. The molecule has 22 heavy (non-hydrogen) atoms. The molecule has 0 aromatic rings. The second-order valence-corrected chi connectivity index (χ2v) is 8.60. The van der Waals surface area contributed by atoms with E-state index < -0.39 is 0 Å². The molecule has 3 aliphatic rings. The average molecular weight is 311 g/mol. The van der Waals surface area contributed by atoms with Gasteiger partial charge in [-0.3, -0.25) is 4.84 Å². The zero-order valence-electron chi connectivity index (χ0n) is 14.8. The molecule has 1 aliphatic carbocycles. The van der Waals surface area contributed by atoms with Crippen molar-refractivity contribution in [2.24, 2.45) is 0 Å². The van der Waals surface area contributed by atoms with E-state index in [1.807, 2.05) is 0 Å². The van der Waals surface area contributed by atoms with Crippen molar-refractivity contribution >= 4 is 0 Å². The topological polar surface area (TPSA) is 34.2 Å². The first-order valence-corrected chi connectivity index (χ1v) is 9.07. The second kappa shape index (κ2) is 6.39. The van der Waals surface area contributed by atoms with Gasteiger partial charge in [0.05, 0.1) is 25.4 Å². The van der Waals surface area contributed by atoms with E-state index in [9.17, 15) is 0 Å². The van der Waals surface area contributed by atoms with Gasteiger partial charge in [-0.25, -0.2) is 0 Å². The first kappa shape index (κ1) is 16.7. The molecule has 3 fully saturated rings. The van der Waals surface area contributed by atoms with Gasteiger partial charge >= 0.3 is 0 Å². The number of piperidine rings is 1. The molecule has 0 N–H and O–H groups in total. The molecule has 0 radical (unpaired) electrons. The molecule has 0 bridgehead atoms. The Hall–Kier alpha value is -0.160. The van der Waals surface area contributed by atoms with Gasteiger partial charge in [0.15, 0.2) is 0 Å². The van der Waals surface area contributed by atoms with Crippen LogP contribution in [0.2, 0.25) is 0 Å². The van der Waals surface area contributed by atoms with Crippen molar-refractivity contribution in [1.82, 2.24) is 5.06 Å². The summed E-state index contributed by atoms with van der Waals surface area (Å²) in [6.45, 7) is 10.8. The van der Waals surface area contributed by atoms with Crippen LogP contribution in [0.4, 0.5) is 0 Å². The van der Waals surface area contributed by atoms with Gasteiger partial charge in [0, 0.05) is 11.1 Å². The smallest absolute Gasteiger partial charge is 0.104 e. The Kier molecular flexibility index (Phi) is 4.84. The van der Waals surface area contributed by atoms with E-state index in [1.54, 1.807) is 0 Å². The Labute approximate surface area is 135 Å². The molecular formula is C18H33NO3. The summed E-state index contributed by atoms with van der Waals surface area (Å²) in [6, 6.07) is 0. The van der Waals surface area contributed by atoms with Crippen molar-refractivity contribution in [1.29, 1.82) is 0 Å². The van der Waals surface area contributed by atoms with Crippen LogP contribution in [0, 0.1) is 0 Å². The molecule has 0 spiro atoms. The van der Waals surface area contributed by atoms with Crippen LogP contribution in [0.15, 0.2) is 0 Å². The normalized spacial score (nSPS) is 33.0. The number of hydrogen-bond donors (Lipinski definition) is 0. The Balaban J connectivity index is 1.61. The van der Waals surface area contributed by atoms with Crippen LogP contribution >= 0.6 is 0 Å². The van der Waals surface area contributed by atoms with Crippen LogP contribution in [-0.4, -0.2) is 47.7 Å². The SMILES string of the molecule is CC1(C)CC(OCC2CO2)CC(C)(C)N1OC1CCCCC1. The monoisotopic (exact) mass is 311 g/mol. The number of nitrogens with zero attached hydrogens (tertiary/aromatic N) is 1. The molecule has 2 heterocycles. The summed E-state index contributed by atoms with van der Waals surface area (Å²) in [4.78, 5) is 6.50. The maximum Gasteiger partial charge on any atom is 0.104 e. The third kappa shape index (κ3) is 4.02. The van der Waals surface area contributed by atoms with Crippen LogP contribution in [0.25, 0.3) is 0 Å². The number of hydroxylamine groups is 2. The fourth-order valence-electron chi connectivity index (χ4n) is 4.30. The first-order valence-electron chi connectivity index (χ1n) is 9.07. The van der Waals surface area contributed by atoms with Crippen LogP contribution in [-0.2, 0) is 14.3 Å². The minimum atomic E-state index is 0.00821. The Morgan fingerprint density at radius 2 is 1.55 bits per heavy atom. The van der Waals surface area contributed by atoms with Crippen molar-refractivity contribution in [2.45, 2.75) is 102 Å². The van der Waals surface area contributed by atoms with E-state index >= 15 is 0 Å². The zero-order valence-corrected chi connectivity index (χ0v) is 14.8. The van der Waals surface area contributed by atoms with Gasteiger partial charge in [-0.05, 0) is 53.4 Å². The van der Waals surface area contributed by atoms with Crippen LogP contribution in [0.5, 0.6) is 0 Å². The molecule has 0 aromatic carbocycles. The number of hydrogen-bond acceptors (Lipinski definition) is 4. The summed E-state index contributed by atoms with van der Waals surface area (Å²) in [7, 11) is 0. The highest BCUT2D eigenvalue weighted by Crippen LogP contribution is 2.41. The molecule has 1 atom stereocenters. The molecule has 1 unspecified atom stereocenters. The fourth-order valence-corrected chi connectivity index (χ4v) is 4.30. The lowest BCUT2D eigenvalue weighted by atomic mass is 9.80. The highest BCUT2D eigenvalue weighted by Gasteiger charge is 2.48. The average Bonchev–Trinajstić information content (AvgIpc) is 3.25. The molecule has 4 nitrogen and oxygen atoms in total. The lowest BCUT2D eigenvalue weighted by Crippen LogP contribution is -2.62. The summed E-state index contributed by atoms with van der Waals surface area (Å²) in [5, 5.41) is 2.30. The minimum absolute atomic E-state index is 0.00821. The predicted octanol–water partition coefficient (Wildman–Crippen LogP) is 3.69. The molecule has 0 amide bonds. The van der Waals surface area contributed by atoms with E-state index in [4.69, 9.17) is 14.3 Å². The predicted molar refractivity (Wildman–Crippen MR) is 86.7 cm³/mol. The summed E-state index contributed by atoms with van der Waals surface area (Å²) in [5.74, 6) is 0. The Morgan fingerprint density at radius 3 is 2.09 bits per heavy atom. The molecule has 4 heteroatoms. The summed E-state index contributed by atoms with van der Waals surface area (Å²) in [5.41, 5.74) is 0.0164. The molecule has 1 saturated carbocycles. The van der Waals surface area contributed by atoms with Crippen molar-refractivity contribution in [3.63, 3.8) is 0 Å².